The van der Waals surface area contributed by atoms with Crippen molar-refractivity contribution in [3.63, 3.8) is 0 Å². The normalized spacial score (nSPS) is 11.7. The number of nitrogens with one attached hydrogen (secondary N) is 1. The lowest BCUT2D eigenvalue weighted by atomic mass is 10.2. The first kappa shape index (κ1) is 14.7. The zero-order valence-electron chi connectivity index (χ0n) is 10.7. The fourth-order valence-corrected chi connectivity index (χ4v) is 3.08. The van der Waals surface area contributed by atoms with Gasteiger partial charge in [0.1, 0.15) is 11.6 Å². The maximum atomic E-state index is 13.2. The van der Waals surface area contributed by atoms with E-state index in [4.69, 9.17) is 10.2 Å². The van der Waals surface area contributed by atoms with Gasteiger partial charge in [0.05, 0.1) is 11.2 Å². The molecule has 0 aliphatic carbocycles. The SMILES string of the molecule is NCc1ccc(F)cc1S(=O)(=O)NCCc1ccco1. The van der Waals surface area contributed by atoms with Crippen LogP contribution in [0.15, 0.2) is 45.9 Å². The standard InChI is InChI=1S/C13H15FN2O3S/c14-11-4-3-10(9-15)13(8-11)20(17,18)16-6-5-12-2-1-7-19-12/h1-4,7-8,16H,5-6,9,15H2. The lowest BCUT2D eigenvalue weighted by Gasteiger charge is -2.10. The van der Waals surface area contributed by atoms with E-state index < -0.39 is 15.8 Å². The molecule has 0 unspecified atom stereocenters. The third-order valence-electron chi connectivity index (χ3n) is 2.78. The molecule has 1 aromatic heterocycles. The minimum absolute atomic E-state index is 0.0225. The number of halogens is 1. The molecule has 0 saturated heterocycles. The van der Waals surface area contributed by atoms with Crippen molar-refractivity contribution in [3.05, 3.63) is 53.7 Å². The van der Waals surface area contributed by atoms with Gasteiger partial charge in [-0.25, -0.2) is 17.5 Å². The topological polar surface area (TPSA) is 85.3 Å². The van der Waals surface area contributed by atoms with Gasteiger partial charge in [-0.2, -0.15) is 0 Å². The van der Waals surface area contributed by atoms with Gasteiger partial charge in [0, 0.05) is 19.5 Å². The third kappa shape index (κ3) is 3.44. The summed E-state index contributed by atoms with van der Waals surface area (Å²) in [5, 5.41) is 0. The molecule has 0 radical (unpaired) electrons. The first-order valence-corrected chi connectivity index (χ1v) is 7.52. The van der Waals surface area contributed by atoms with Crippen LogP contribution >= 0.6 is 0 Å². The van der Waals surface area contributed by atoms with Crippen LogP contribution < -0.4 is 10.5 Å². The molecule has 0 bridgehead atoms. The summed E-state index contributed by atoms with van der Waals surface area (Å²) in [5.74, 6) is 0.0552. The Morgan fingerprint density at radius 2 is 2.10 bits per heavy atom. The molecule has 0 amide bonds. The molecule has 2 rings (SSSR count). The smallest absolute Gasteiger partial charge is 0.241 e. The minimum Gasteiger partial charge on any atom is -0.469 e. The van der Waals surface area contributed by atoms with Crippen molar-refractivity contribution in [1.82, 2.24) is 4.72 Å². The molecule has 0 aliphatic heterocycles. The van der Waals surface area contributed by atoms with Gasteiger partial charge >= 0.3 is 0 Å². The van der Waals surface area contributed by atoms with Crippen molar-refractivity contribution in [1.29, 1.82) is 0 Å². The first-order chi connectivity index (χ1) is 9.53. The van der Waals surface area contributed by atoms with Crippen LogP contribution in [0.3, 0.4) is 0 Å². The number of benzene rings is 1. The third-order valence-corrected chi connectivity index (χ3v) is 4.33. The summed E-state index contributed by atoms with van der Waals surface area (Å²) in [6.45, 7) is 0.186. The maximum Gasteiger partial charge on any atom is 0.241 e. The summed E-state index contributed by atoms with van der Waals surface area (Å²) >= 11 is 0. The molecule has 1 heterocycles. The van der Waals surface area contributed by atoms with Crippen LogP contribution in [0.2, 0.25) is 0 Å². The maximum absolute atomic E-state index is 13.2. The zero-order valence-corrected chi connectivity index (χ0v) is 11.5. The number of hydrogen-bond donors (Lipinski definition) is 2. The predicted octanol–water partition coefficient (Wildman–Crippen LogP) is 1.40. The molecular weight excluding hydrogens is 283 g/mol. The molecule has 3 N–H and O–H groups in total. The average molecular weight is 298 g/mol. The molecule has 0 spiro atoms. The molecule has 2 aromatic rings. The van der Waals surface area contributed by atoms with E-state index in [2.05, 4.69) is 4.72 Å². The Kier molecular flexibility index (Phi) is 4.53. The Labute approximate surface area is 116 Å². The van der Waals surface area contributed by atoms with E-state index in [1.165, 1.54) is 18.4 Å². The number of sulfonamides is 1. The van der Waals surface area contributed by atoms with Gasteiger partial charge in [-0.3, -0.25) is 0 Å². The molecule has 0 fully saturated rings. The molecule has 108 valence electrons. The highest BCUT2D eigenvalue weighted by Gasteiger charge is 2.18. The van der Waals surface area contributed by atoms with E-state index in [-0.39, 0.29) is 18.0 Å². The van der Waals surface area contributed by atoms with Gasteiger partial charge < -0.3 is 10.2 Å². The van der Waals surface area contributed by atoms with Crippen LogP contribution in [0.4, 0.5) is 4.39 Å². The Balaban J connectivity index is 2.11. The molecule has 0 atom stereocenters. The fourth-order valence-electron chi connectivity index (χ4n) is 1.79. The molecule has 20 heavy (non-hydrogen) atoms. The van der Waals surface area contributed by atoms with Crippen molar-refractivity contribution in [2.75, 3.05) is 6.54 Å². The predicted molar refractivity (Wildman–Crippen MR) is 71.9 cm³/mol. The zero-order chi connectivity index (χ0) is 14.6. The van der Waals surface area contributed by atoms with Crippen molar-refractivity contribution >= 4 is 10.0 Å². The van der Waals surface area contributed by atoms with Crippen molar-refractivity contribution < 1.29 is 17.2 Å². The summed E-state index contributed by atoms with van der Waals surface area (Å²) in [6, 6.07) is 7.00. The van der Waals surface area contributed by atoms with Gasteiger partial charge in [0.25, 0.3) is 0 Å². The second-order valence-corrected chi connectivity index (χ2v) is 5.92. The van der Waals surface area contributed by atoms with E-state index in [1.54, 1.807) is 12.1 Å². The van der Waals surface area contributed by atoms with Gasteiger partial charge in [-0.15, -0.1) is 0 Å². The van der Waals surface area contributed by atoms with E-state index >= 15 is 0 Å². The molecule has 0 aliphatic rings. The van der Waals surface area contributed by atoms with E-state index in [9.17, 15) is 12.8 Å². The van der Waals surface area contributed by atoms with E-state index in [1.807, 2.05) is 0 Å². The largest absolute Gasteiger partial charge is 0.469 e. The number of nitrogens with two attached hydrogens (primary N) is 1. The van der Waals surface area contributed by atoms with Crippen LogP contribution in [0, 0.1) is 5.82 Å². The highest BCUT2D eigenvalue weighted by atomic mass is 32.2. The summed E-state index contributed by atoms with van der Waals surface area (Å²) in [5.41, 5.74) is 5.85. The van der Waals surface area contributed by atoms with Gasteiger partial charge in [0.15, 0.2) is 0 Å². The van der Waals surface area contributed by atoms with Crippen LogP contribution in [0.25, 0.3) is 0 Å². The second-order valence-electron chi connectivity index (χ2n) is 4.18. The summed E-state index contributed by atoms with van der Waals surface area (Å²) in [4.78, 5) is -0.126. The van der Waals surface area contributed by atoms with Gasteiger partial charge in [-0.05, 0) is 29.8 Å². The Morgan fingerprint density at radius 1 is 1.30 bits per heavy atom. The molecule has 5 nitrogen and oxygen atoms in total. The lowest BCUT2D eigenvalue weighted by molar-refractivity contribution is 0.505. The van der Waals surface area contributed by atoms with Crippen molar-refractivity contribution in [3.8, 4) is 0 Å². The van der Waals surface area contributed by atoms with Crippen LogP contribution in [-0.2, 0) is 23.0 Å². The summed E-state index contributed by atoms with van der Waals surface area (Å²) in [6.07, 6.45) is 1.93. The van der Waals surface area contributed by atoms with Crippen molar-refractivity contribution in [2.45, 2.75) is 17.9 Å². The van der Waals surface area contributed by atoms with Crippen LogP contribution in [0.5, 0.6) is 0 Å². The Morgan fingerprint density at radius 3 is 2.75 bits per heavy atom. The molecule has 0 saturated carbocycles. The minimum atomic E-state index is -3.79. The number of furan rings is 1. The first-order valence-electron chi connectivity index (χ1n) is 6.03. The van der Waals surface area contributed by atoms with Gasteiger partial charge in [-0.1, -0.05) is 6.07 Å². The number of hydrogen-bond acceptors (Lipinski definition) is 4. The van der Waals surface area contributed by atoms with Crippen molar-refractivity contribution in [2.24, 2.45) is 5.73 Å². The summed E-state index contributed by atoms with van der Waals surface area (Å²) < 4.78 is 45.0. The molecule has 7 heteroatoms. The quantitative estimate of drug-likeness (QED) is 0.844. The average Bonchev–Trinajstić information content (AvgIpc) is 2.91. The highest BCUT2D eigenvalue weighted by Crippen LogP contribution is 2.16. The second kappa shape index (κ2) is 6.17. The van der Waals surface area contributed by atoms with E-state index in [0.29, 0.717) is 17.7 Å². The number of rotatable bonds is 6. The molecule has 1 aromatic carbocycles. The lowest BCUT2D eigenvalue weighted by Crippen LogP contribution is -2.27. The highest BCUT2D eigenvalue weighted by molar-refractivity contribution is 7.89. The molecular formula is C13H15FN2O3S. The van der Waals surface area contributed by atoms with E-state index in [0.717, 1.165) is 6.07 Å². The fraction of sp³-hybridized carbons (Fsp3) is 0.231. The monoisotopic (exact) mass is 298 g/mol. The Hall–Kier alpha value is -1.70. The van der Waals surface area contributed by atoms with Crippen LogP contribution in [-0.4, -0.2) is 15.0 Å². The van der Waals surface area contributed by atoms with Crippen LogP contribution in [0.1, 0.15) is 11.3 Å². The van der Waals surface area contributed by atoms with Gasteiger partial charge in [0.2, 0.25) is 10.0 Å². The Bertz CT molecular complexity index is 669. The summed E-state index contributed by atoms with van der Waals surface area (Å²) in [7, 11) is -3.79.